The number of ether oxygens (including phenoxy) is 1. The molecule has 2 aromatic carbocycles. The van der Waals surface area contributed by atoms with Crippen LogP contribution in [0.3, 0.4) is 0 Å². The van der Waals surface area contributed by atoms with E-state index in [0.717, 1.165) is 25.2 Å². The first-order chi connectivity index (χ1) is 14.6. The average Bonchev–Trinajstić information content (AvgIpc) is 3.19. The Labute approximate surface area is 185 Å². The van der Waals surface area contributed by atoms with E-state index >= 15 is 0 Å². The van der Waals surface area contributed by atoms with Gasteiger partial charge in [0.1, 0.15) is 5.75 Å². The molecule has 0 amide bonds. The molecule has 30 heavy (non-hydrogen) atoms. The van der Waals surface area contributed by atoms with E-state index in [4.69, 9.17) is 16.3 Å². The molecule has 1 heterocycles. The van der Waals surface area contributed by atoms with Gasteiger partial charge in [0.25, 0.3) is 0 Å². The van der Waals surface area contributed by atoms with Gasteiger partial charge in [-0.25, -0.2) is 0 Å². The van der Waals surface area contributed by atoms with E-state index in [1.807, 2.05) is 6.07 Å². The molecule has 2 aliphatic rings. The Hall–Kier alpha value is -1.59. The maximum atomic E-state index is 10.3. The fraction of sp³-hybridized carbons (Fsp3) is 0.520. The first-order valence-electron chi connectivity index (χ1n) is 11.1. The summed E-state index contributed by atoms with van der Waals surface area (Å²) in [5, 5.41) is 10.9. The summed E-state index contributed by atoms with van der Waals surface area (Å²) in [4.78, 5) is 5.13. The molecule has 1 fully saturated rings. The first-order valence-corrected chi connectivity index (χ1v) is 11.5. The zero-order valence-corrected chi connectivity index (χ0v) is 18.7. The third-order valence-electron chi connectivity index (χ3n) is 6.66. The van der Waals surface area contributed by atoms with Crippen LogP contribution in [0.15, 0.2) is 42.5 Å². The Balaban J connectivity index is 1.38. The number of benzene rings is 2. The van der Waals surface area contributed by atoms with E-state index in [2.05, 4.69) is 34.1 Å². The van der Waals surface area contributed by atoms with E-state index in [9.17, 15) is 5.11 Å². The van der Waals surface area contributed by atoms with E-state index < -0.39 is 0 Å². The minimum absolute atomic E-state index is 0.316. The number of phenols is 1. The van der Waals surface area contributed by atoms with E-state index in [0.29, 0.717) is 35.9 Å². The van der Waals surface area contributed by atoms with Gasteiger partial charge in [0.15, 0.2) is 0 Å². The normalized spacial score (nSPS) is 20.0. The van der Waals surface area contributed by atoms with Gasteiger partial charge in [0, 0.05) is 49.9 Å². The van der Waals surface area contributed by atoms with Crippen molar-refractivity contribution in [1.29, 1.82) is 0 Å². The van der Waals surface area contributed by atoms with E-state index in [1.54, 1.807) is 19.2 Å². The highest BCUT2D eigenvalue weighted by atomic mass is 35.5. The zero-order chi connectivity index (χ0) is 20.9. The number of halogens is 1. The first kappa shape index (κ1) is 21.6. The quantitative estimate of drug-likeness (QED) is 0.677. The molecule has 1 atom stereocenters. The van der Waals surface area contributed by atoms with Gasteiger partial charge in [0.2, 0.25) is 0 Å². The van der Waals surface area contributed by atoms with Crippen LogP contribution in [0.4, 0.5) is 0 Å². The lowest BCUT2D eigenvalue weighted by molar-refractivity contribution is 0.0840. The van der Waals surface area contributed by atoms with Crippen LogP contribution in [0.25, 0.3) is 0 Å². The summed E-state index contributed by atoms with van der Waals surface area (Å²) in [6, 6.07) is 14.9. The van der Waals surface area contributed by atoms with Gasteiger partial charge >= 0.3 is 0 Å². The summed E-state index contributed by atoms with van der Waals surface area (Å²) in [7, 11) is 1.75. The molecular weight excluding hydrogens is 396 g/mol. The van der Waals surface area contributed by atoms with Gasteiger partial charge < -0.3 is 9.84 Å². The van der Waals surface area contributed by atoms with Crippen LogP contribution in [-0.4, -0.2) is 60.8 Å². The molecule has 5 heteroatoms. The van der Waals surface area contributed by atoms with Crippen molar-refractivity contribution in [3.05, 3.63) is 64.2 Å². The topological polar surface area (TPSA) is 35.9 Å². The van der Waals surface area contributed by atoms with Gasteiger partial charge in [-0.1, -0.05) is 35.9 Å². The number of methoxy groups -OCH3 is 1. The fourth-order valence-electron chi connectivity index (χ4n) is 5.11. The van der Waals surface area contributed by atoms with Crippen molar-refractivity contribution < 1.29 is 9.84 Å². The molecule has 0 radical (unpaired) electrons. The molecule has 0 aromatic heterocycles. The van der Waals surface area contributed by atoms with Crippen LogP contribution in [0.2, 0.25) is 5.02 Å². The van der Waals surface area contributed by atoms with Gasteiger partial charge in [-0.05, 0) is 67.5 Å². The van der Waals surface area contributed by atoms with Crippen molar-refractivity contribution in [2.75, 3.05) is 39.9 Å². The molecule has 1 saturated heterocycles. The second-order valence-electron chi connectivity index (χ2n) is 8.83. The second-order valence-corrected chi connectivity index (χ2v) is 9.27. The second kappa shape index (κ2) is 10.1. The summed E-state index contributed by atoms with van der Waals surface area (Å²) in [5.74, 6) is 0.955. The maximum Gasteiger partial charge on any atom is 0.120 e. The molecule has 0 saturated carbocycles. The minimum atomic E-state index is 0.316. The Morgan fingerprint density at radius 2 is 1.93 bits per heavy atom. The van der Waals surface area contributed by atoms with Gasteiger partial charge in [-0.3, -0.25) is 9.80 Å². The van der Waals surface area contributed by atoms with Gasteiger partial charge in [-0.2, -0.15) is 0 Å². The zero-order valence-electron chi connectivity index (χ0n) is 17.9. The van der Waals surface area contributed by atoms with Crippen molar-refractivity contribution in [2.24, 2.45) is 5.92 Å². The van der Waals surface area contributed by atoms with Crippen LogP contribution in [0.5, 0.6) is 5.75 Å². The van der Waals surface area contributed by atoms with Crippen LogP contribution < -0.4 is 0 Å². The highest BCUT2D eigenvalue weighted by molar-refractivity contribution is 6.30. The number of fused-ring (bicyclic) bond motifs is 1. The Bertz CT molecular complexity index is 819. The maximum absolute atomic E-state index is 10.3. The molecule has 0 spiro atoms. The summed E-state index contributed by atoms with van der Waals surface area (Å²) in [6.45, 7) is 5.63. The molecule has 1 N–H and O–H groups in total. The predicted molar refractivity (Wildman–Crippen MR) is 122 cm³/mol. The monoisotopic (exact) mass is 428 g/mol. The Kier molecular flexibility index (Phi) is 7.32. The van der Waals surface area contributed by atoms with Crippen molar-refractivity contribution >= 4 is 11.6 Å². The number of phenolic OH excluding ortho intramolecular Hbond substituents is 1. The molecule has 162 valence electrons. The number of hydrogen-bond donors (Lipinski definition) is 1. The lowest BCUT2D eigenvalue weighted by Crippen LogP contribution is -2.46. The minimum Gasteiger partial charge on any atom is -0.508 e. The van der Waals surface area contributed by atoms with Crippen molar-refractivity contribution in [3.8, 4) is 5.75 Å². The van der Waals surface area contributed by atoms with Crippen molar-refractivity contribution in [3.63, 3.8) is 0 Å². The summed E-state index contributed by atoms with van der Waals surface area (Å²) >= 11 is 6.17. The van der Waals surface area contributed by atoms with Gasteiger partial charge in [0.05, 0.1) is 6.61 Å². The average molecular weight is 429 g/mol. The molecule has 1 aliphatic heterocycles. The Morgan fingerprint density at radius 1 is 1.17 bits per heavy atom. The molecule has 1 aliphatic carbocycles. The lowest BCUT2D eigenvalue weighted by Gasteiger charge is -2.39. The van der Waals surface area contributed by atoms with Gasteiger partial charge in [-0.15, -0.1) is 0 Å². The Morgan fingerprint density at radius 3 is 2.67 bits per heavy atom. The fourth-order valence-corrected chi connectivity index (χ4v) is 5.31. The molecule has 4 rings (SSSR count). The molecule has 4 nitrogen and oxygen atoms in total. The highest BCUT2D eigenvalue weighted by Crippen LogP contribution is 2.30. The van der Waals surface area contributed by atoms with Crippen LogP contribution in [0, 0.1) is 5.92 Å². The molecule has 0 bridgehead atoms. The summed E-state index contributed by atoms with van der Waals surface area (Å²) in [6.07, 6.45) is 4.90. The number of hydrogen-bond acceptors (Lipinski definition) is 4. The largest absolute Gasteiger partial charge is 0.508 e. The molecule has 1 unspecified atom stereocenters. The summed E-state index contributed by atoms with van der Waals surface area (Å²) in [5.41, 5.74) is 3.95. The molecular formula is C25H33ClN2O2. The highest BCUT2D eigenvalue weighted by Gasteiger charge is 2.31. The molecule has 2 aromatic rings. The number of rotatable bonds is 8. The number of nitrogens with zero attached hydrogens (tertiary/aromatic N) is 2. The van der Waals surface area contributed by atoms with Crippen molar-refractivity contribution in [2.45, 2.75) is 38.3 Å². The number of piperidine rings is 1. The summed E-state index contributed by atoms with van der Waals surface area (Å²) < 4.78 is 5.35. The smallest absolute Gasteiger partial charge is 0.120 e. The third-order valence-corrected chi connectivity index (χ3v) is 6.89. The lowest BCUT2D eigenvalue weighted by atomic mass is 9.95. The predicted octanol–water partition coefficient (Wildman–Crippen LogP) is 4.37. The number of likely N-dealkylation sites (tertiary alicyclic amines) is 1. The van der Waals surface area contributed by atoms with Crippen LogP contribution in [-0.2, 0) is 24.1 Å². The SMILES string of the molecule is COCCN(Cc1cc(Cl)ccc1O)CC1CCCN(C2Cc3ccccc3C2)C1. The van der Waals surface area contributed by atoms with Crippen LogP contribution in [0.1, 0.15) is 29.5 Å². The third kappa shape index (κ3) is 5.36. The van der Waals surface area contributed by atoms with E-state index in [1.165, 1.54) is 43.4 Å². The number of aromatic hydroxyl groups is 1. The van der Waals surface area contributed by atoms with Crippen LogP contribution >= 0.6 is 11.6 Å². The van der Waals surface area contributed by atoms with Crippen molar-refractivity contribution in [1.82, 2.24) is 9.80 Å². The van der Waals surface area contributed by atoms with E-state index in [-0.39, 0.29) is 0 Å². The standard InChI is InChI=1S/C25H33ClN2O2/c1-30-12-11-27(18-22-13-23(26)8-9-25(22)29)16-19-5-4-10-28(17-19)24-14-20-6-2-3-7-21(20)15-24/h2-3,6-9,13,19,24,29H,4-5,10-12,14-18H2,1H3.